The van der Waals surface area contributed by atoms with Gasteiger partial charge in [0.15, 0.2) is 0 Å². The second kappa shape index (κ2) is 9.56. The molecule has 6 nitrogen and oxygen atoms in total. The lowest BCUT2D eigenvalue weighted by Gasteiger charge is -2.52. The normalized spacial score (nSPS) is 19.0. The fraction of sp³-hybridized carbons (Fsp3) is 0.650. The van der Waals surface area contributed by atoms with Gasteiger partial charge in [-0.05, 0) is 44.0 Å². The van der Waals surface area contributed by atoms with E-state index < -0.39 is 12.1 Å². The lowest BCUT2D eigenvalue weighted by Crippen LogP contribution is -2.65. The number of amides is 1. The summed E-state index contributed by atoms with van der Waals surface area (Å²) in [5.41, 5.74) is 0.859. The molecule has 29 heavy (non-hydrogen) atoms. The first-order chi connectivity index (χ1) is 13.6. The van der Waals surface area contributed by atoms with E-state index in [4.69, 9.17) is 9.90 Å². The molecule has 3 heterocycles. The molecule has 0 unspecified atom stereocenters. The monoisotopic (exact) mass is 415 g/mol. The fourth-order valence-corrected chi connectivity index (χ4v) is 3.81. The van der Waals surface area contributed by atoms with E-state index in [0.29, 0.717) is 5.91 Å². The highest BCUT2D eigenvalue weighted by atomic mass is 19.4. The Labute approximate surface area is 168 Å². The molecule has 3 rings (SSSR count). The smallest absolute Gasteiger partial charge is 0.475 e. The van der Waals surface area contributed by atoms with Gasteiger partial charge >= 0.3 is 12.1 Å². The number of carbonyl (C=O) groups is 2. The van der Waals surface area contributed by atoms with Crippen molar-refractivity contribution >= 4 is 17.6 Å². The van der Waals surface area contributed by atoms with Crippen LogP contribution in [0.25, 0.3) is 0 Å². The number of alkyl halides is 3. The second-order valence-electron chi connectivity index (χ2n) is 7.67. The Morgan fingerprint density at radius 2 is 1.86 bits per heavy atom. The number of β-lactam (4-membered cyclic amide) rings is 1. The number of likely N-dealkylation sites (tertiary alicyclic amines) is 1. The predicted octanol–water partition coefficient (Wildman–Crippen LogP) is 3.58. The average molecular weight is 415 g/mol. The van der Waals surface area contributed by atoms with E-state index in [1.54, 1.807) is 12.4 Å². The minimum absolute atomic E-state index is 0.0831. The summed E-state index contributed by atoms with van der Waals surface area (Å²) in [6.45, 7) is 8.77. The van der Waals surface area contributed by atoms with Crippen LogP contribution in [0.1, 0.15) is 39.5 Å². The Morgan fingerprint density at radius 3 is 2.28 bits per heavy atom. The maximum absolute atomic E-state index is 12.7. The number of carboxylic acid groups (broad SMARTS) is 1. The highest BCUT2D eigenvalue weighted by Gasteiger charge is 2.53. The number of aromatic nitrogens is 1. The van der Waals surface area contributed by atoms with Crippen molar-refractivity contribution in [2.24, 2.45) is 11.3 Å². The van der Waals surface area contributed by atoms with E-state index in [1.807, 2.05) is 17.0 Å². The zero-order valence-electron chi connectivity index (χ0n) is 16.8. The van der Waals surface area contributed by atoms with Gasteiger partial charge in [0.05, 0.1) is 17.3 Å². The van der Waals surface area contributed by atoms with Crippen molar-refractivity contribution in [3.63, 3.8) is 0 Å². The summed E-state index contributed by atoms with van der Waals surface area (Å²) in [5, 5.41) is 7.12. The first kappa shape index (κ1) is 23.1. The molecule has 1 N–H and O–H groups in total. The van der Waals surface area contributed by atoms with Crippen LogP contribution in [0, 0.1) is 11.3 Å². The molecule has 1 amide bonds. The minimum Gasteiger partial charge on any atom is -0.475 e. The van der Waals surface area contributed by atoms with Gasteiger partial charge in [0.25, 0.3) is 0 Å². The molecule has 0 bridgehead atoms. The van der Waals surface area contributed by atoms with Crippen LogP contribution in [0.4, 0.5) is 18.9 Å². The summed E-state index contributed by atoms with van der Waals surface area (Å²) in [7, 11) is 0. The van der Waals surface area contributed by atoms with Crippen LogP contribution in [0.3, 0.4) is 0 Å². The molecule has 1 aromatic rings. The summed E-state index contributed by atoms with van der Waals surface area (Å²) in [6.07, 6.45) is 3.00. The number of pyridine rings is 1. The Hall–Kier alpha value is -2.16. The predicted molar refractivity (Wildman–Crippen MR) is 102 cm³/mol. The highest BCUT2D eigenvalue weighted by molar-refractivity contribution is 6.04. The number of aliphatic carboxylic acids is 1. The van der Waals surface area contributed by atoms with Crippen LogP contribution in [0.15, 0.2) is 24.5 Å². The molecule has 1 aromatic heterocycles. The molecule has 0 aromatic carbocycles. The highest BCUT2D eigenvalue weighted by Crippen LogP contribution is 2.43. The standard InChI is InChI=1S/C18H27N3O.C2HF3O2/c1-3-15(4-2)13-20-10-7-18(8-11-20)14-21(17(18)22)16-6-5-9-19-12-16;3-2(4,5)1(6)7/h5-6,9,12,15H,3-4,7-8,10-11,13-14H2,1-2H3;(H,6,7). The number of rotatable bonds is 5. The van der Waals surface area contributed by atoms with Crippen LogP contribution in [-0.4, -0.2) is 59.2 Å². The lowest BCUT2D eigenvalue weighted by atomic mass is 9.70. The number of anilines is 1. The number of hydrogen-bond acceptors (Lipinski definition) is 4. The second-order valence-corrected chi connectivity index (χ2v) is 7.67. The molecule has 9 heteroatoms. The summed E-state index contributed by atoms with van der Waals surface area (Å²) in [4.78, 5) is 30.1. The molecule has 2 fully saturated rings. The molecule has 2 aliphatic heterocycles. The average Bonchev–Trinajstić information content (AvgIpc) is 2.71. The summed E-state index contributed by atoms with van der Waals surface area (Å²) >= 11 is 0. The number of nitrogens with zero attached hydrogens (tertiary/aromatic N) is 3. The summed E-state index contributed by atoms with van der Waals surface area (Å²) in [6, 6.07) is 3.87. The molecule has 2 saturated heterocycles. The Morgan fingerprint density at radius 1 is 1.28 bits per heavy atom. The molecular formula is C20H28F3N3O3. The van der Waals surface area contributed by atoms with Gasteiger partial charge in [-0.3, -0.25) is 9.78 Å². The quantitative estimate of drug-likeness (QED) is 0.744. The minimum atomic E-state index is -5.08. The van der Waals surface area contributed by atoms with Gasteiger partial charge in [-0.25, -0.2) is 4.79 Å². The third-order valence-corrected chi connectivity index (χ3v) is 5.84. The molecule has 0 aliphatic carbocycles. The zero-order valence-corrected chi connectivity index (χ0v) is 16.8. The van der Waals surface area contributed by atoms with Crippen LogP contribution >= 0.6 is 0 Å². The molecule has 0 radical (unpaired) electrons. The Kier molecular flexibility index (Phi) is 7.62. The van der Waals surface area contributed by atoms with E-state index >= 15 is 0 Å². The van der Waals surface area contributed by atoms with E-state index in [1.165, 1.54) is 19.4 Å². The van der Waals surface area contributed by atoms with Crippen molar-refractivity contribution in [3.05, 3.63) is 24.5 Å². The molecule has 162 valence electrons. The van der Waals surface area contributed by atoms with Crippen molar-refractivity contribution in [2.75, 3.05) is 31.1 Å². The Bertz CT molecular complexity index is 685. The maximum atomic E-state index is 12.7. The number of carboxylic acids is 1. The fourth-order valence-electron chi connectivity index (χ4n) is 3.81. The third kappa shape index (κ3) is 5.68. The van der Waals surface area contributed by atoms with E-state index in [-0.39, 0.29) is 5.41 Å². The van der Waals surface area contributed by atoms with Crippen LogP contribution in [-0.2, 0) is 9.59 Å². The van der Waals surface area contributed by atoms with Crippen molar-refractivity contribution in [3.8, 4) is 0 Å². The van der Waals surface area contributed by atoms with Crippen LogP contribution < -0.4 is 4.90 Å². The molecule has 2 aliphatic rings. The van der Waals surface area contributed by atoms with Crippen LogP contribution in [0.2, 0.25) is 0 Å². The zero-order chi connectivity index (χ0) is 21.7. The molecule has 1 spiro atoms. The van der Waals surface area contributed by atoms with Crippen molar-refractivity contribution in [1.82, 2.24) is 9.88 Å². The Balaban J connectivity index is 0.000000370. The van der Waals surface area contributed by atoms with Gasteiger partial charge in [-0.1, -0.05) is 26.7 Å². The molecule has 0 atom stereocenters. The van der Waals surface area contributed by atoms with Gasteiger partial charge in [0, 0.05) is 19.3 Å². The maximum Gasteiger partial charge on any atom is 0.490 e. The van der Waals surface area contributed by atoms with Gasteiger partial charge in [0.1, 0.15) is 0 Å². The number of halogens is 3. The van der Waals surface area contributed by atoms with Gasteiger partial charge in [0.2, 0.25) is 5.91 Å². The SMILES string of the molecule is CCC(CC)CN1CCC2(CC1)CN(c1cccnc1)C2=O.O=C(O)C(F)(F)F. The largest absolute Gasteiger partial charge is 0.490 e. The van der Waals surface area contributed by atoms with Crippen molar-refractivity contribution in [2.45, 2.75) is 45.7 Å². The van der Waals surface area contributed by atoms with Gasteiger partial charge < -0.3 is 14.9 Å². The van der Waals surface area contributed by atoms with Gasteiger partial charge in [-0.15, -0.1) is 0 Å². The van der Waals surface area contributed by atoms with Crippen molar-refractivity contribution in [1.29, 1.82) is 0 Å². The topological polar surface area (TPSA) is 73.7 Å². The van der Waals surface area contributed by atoms with Crippen LogP contribution in [0.5, 0.6) is 0 Å². The third-order valence-electron chi connectivity index (χ3n) is 5.84. The summed E-state index contributed by atoms with van der Waals surface area (Å²) in [5.74, 6) is -1.65. The molecular weight excluding hydrogens is 387 g/mol. The number of carbonyl (C=O) groups excluding carboxylic acids is 1. The molecule has 0 saturated carbocycles. The first-order valence-electron chi connectivity index (χ1n) is 9.87. The summed E-state index contributed by atoms with van der Waals surface area (Å²) < 4.78 is 31.7. The number of piperidine rings is 1. The van der Waals surface area contributed by atoms with Gasteiger partial charge in [-0.2, -0.15) is 13.2 Å². The van der Waals surface area contributed by atoms with E-state index in [9.17, 15) is 18.0 Å². The van der Waals surface area contributed by atoms with E-state index in [2.05, 4.69) is 23.7 Å². The lowest BCUT2D eigenvalue weighted by molar-refractivity contribution is -0.192. The van der Waals surface area contributed by atoms with Crippen molar-refractivity contribution < 1.29 is 27.9 Å². The number of hydrogen-bond donors (Lipinski definition) is 1. The van der Waals surface area contributed by atoms with E-state index in [0.717, 1.165) is 44.1 Å². The first-order valence-corrected chi connectivity index (χ1v) is 9.87.